The van der Waals surface area contributed by atoms with Crippen LogP contribution in [0.25, 0.3) is 11.1 Å². The minimum Gasteiger partial charge on any atom is -0.481 e. The van der Waals surface area contributed by atoms with Gasteiger partial charge in [0.05, 0.1) is 49.4 Å². The lowest BCUT2D eigenvalue weighted by Crippen LogP contribution is -2.25. The summed E-state index contributed by atoms with van der Waals surface area (Å²) < 4.78 is 0. The topological polar surface area (TPSA) is 269 Å². The molecule has 1 atom stereocenters. The maximum absolute atomic E-state index is 11.7. The lowest BCUT2D eigenvalue weighted by atomic mass is 10.0. The second kappa shape index (κ2) is 8.77. The molecule has 0 aliphatic heterocycles. The fourth-order valence-electron chi connectivity index (χ4n) is 3.31. The molecule has 0 bridgehead atoms. The summed E-state index contributed by atoms with van der Waals surface area (Å²) in [5.74, 6) is -3.42. The molecule has 0 spiro atoms. The van der Waals surface area contributed by atoms with Gasteiger partial charge in [0, 0.05) is 23.3 Å². The van der Waals surface area contributed by atoms with Gasteiger partial charge in [0.1, 0.15) is 5.71 Å². The molecule has 1 unspecified atom stereocenters. The number of aliphatic carboxylic acids is 2. The van der Waals surface area contributed by atoms with Crippen LogP contribution in [0.2, 0.25) is 0 Å². The number of nitro benzene ring substituents is 4. The number of hydrogen-bond donors (Lipinski definition) is 2. The largest absolute Gasteiger partial charge is 0.481 e. The molecule has 35 heavy (non-hydrogen) atoms. The average molecular weight is 491 g/mol. The Kier molecular flexibility index (Phi) is 6.04. The first kappa shape index (κ1) is 24.1. The number of carboxylic acid groups (broad SMARTS) is 2. The predicted molar refractivity (Wildman–Crippen MR) is 109 cm³/mol. The lowest BCUT2D eigenvalue weighted by molar-refractivity contribution is -0.394. The van der Waals surface area contributed by atoms with Gasteiger partial charge in [-0.25, -0.2) is 4.79 Å². The summed E-state index contributed by atoms with van der Waals surface area (Å²) in [5.41, 5.74) is -6.38. The van der Waals surface area contributed by atoms with Crippen molar-refractivity contribution in [2.45, 2.75) is 12.5 Å². The smallest absolute Gasteiger partial charge is 0.348 e. The van der Waals surface area contributed by atoms with Crippen LogP contribution in [0.15, 0.2) is 29.4 Å². The maximum Gasteiger partial charge on any atom is 0.348 e. The Hall–Kier alpha value is -5.55. The number of rotatable bonds is 9. The number of non-ortho nitro benzene ring substituents is 2. The van der Waals surface area contributed by atoms with Crippen LogP contribution in [-0.4, -0.2) is 53.7 Å². The van der Waals surface area contributed by atoms with Crippen molar-refractivity contribution in [2.24, 2.45) is 5.16 Å². The number of nitro groups is 4. The normalized spacial score (nSPS) is 12.2. The van der Waals surface area contributed by atoms with Gasteiger partial charge in [0.15, 0.2) is 0 Å². The third kappa shape index (κ3) is 4.37. The van der Waals surface area contributed by atoms with Crippen molar-refractivity contribution in [3.05, 3.63) is 75.8 Å². The van der Waals surface area contributed by atoms with Crippen LogP contribution in [0.4, 0.5) is 22.7 Å². The highest BCUT2D eigenvalue weighted by molar-refractivity contribution is 6.28. The molecule has 1 aliphatic rings. The van der Waals surface area contributed by atoms with Crippen LogP contribution in [0.5, 0.6) is 0 Å². The second-order valence-corrected chi connectivity index (χ2v) is 6.77. The Morgan fingerprint density at radius 3 is 1.54 bits per heavy atom. The molecule has 0 amide bonds. The Morgan fingerprint density at radius 2 is 1.23 bits per heavy atom. The average Bonchev–Trinajstić information content (AvgIpc) is 3.08. The van der Waals surface area contributed by atoms with E-state index < -0.39 is 94.9 Å². The molecule has 2 aromatic carbocycles. The third-order valence-corrected chi connectivity index (χ3v) is 4.69. The molecule has 18 heteroatoms. The van der Waals surface area contributed by atoms with Gasteiger partial charge in [0.2, 0.25) is 6.10 Å². The van der Waals surface area contributed by atoms with E-state index in [4.69, 9.17) is 15.1 Å². The van der Waals surface area contributed by atoms with E-state index in [0.29, 0.717) is 12.1 Å². The first-order valence-electron chi connectivity index (χ1n) is 8.96. The summed E-state index contributed by atoms with van der Waals surface area (Å²) in [6, 6.07) is 2.55. The summed E-state index contributed by atoms with van der Waals surface area (Å²) in [6.45, 7) is 0. The van der Waals surface area contributed by atoms with Gasteiger partial charge in [-0.3, -0.25) is 45.3 Å². The predicted octanol–water partition coefficient (Wildman–Crippen LogP) is 2.00. The molecule has 180 valence electrons. The minimum absolute atomic E-state index is 0.417. The van der Waals surface area contributed by atoms with Crippen molar-refractivity contribution in [3.8, 4) is 11.1 Å². The molecule has 18 nitrogen and oxygen atoms in total. The van der Waals surface area contributed by atoms with Gasteiger partial charge in [0.25, 0.3) is 22.7 Å². The molecule has 2 N–H and O–H groups in total. The first-order valence-corrected chi connectivity index (χ1v) is 8.96. The summed E-state index contributed by atoms with van der Waals surface area (Å²) in [4.78, 5) is 68.7. The van der Waals surface area contributed by atoms with E-state index in [9.17, 15) is 50.0 Å². The van der Waals surface area contributed by atoms with Crippen LogP contribution in [0.1, 0.15) is 17.5 Å². The van der Waals surface area contributed by atoms with Crippen LogP contribution in [0, 0.1) is 40.5 Å². The van der Waals surface area contributed by atoms with E-state index in [2.05, 4.69) is 5.16 Å². The Labute approximate surface area is 190 Å². The standard InChI is InChI=1S/C17H9N5O13/c23-13(24)5-12(17(25)26)35-18-16-14-8(1-6(19(27)28)3-10(14)21(31)32)9-2-7(20(29)30)4-11(15(9)16)22(33)34/h1-4,12H,5H2,(H,23,24)(H,25,26). The number of oxime groups is 1. The molecule has 0 radical (unpaired) electrons. The fourth-order valence-corrected chi connectivity index (χ4v) is 3.31. The number of nitrogens with zero attached hydrogens (tertiary/aromatic N) is 5. The van der Waals surface area contributed by atoms with Crippen molar-refractivity contribution in [1.82, 2.24) is 0 Å². The van der Waals surface area contributed by atoms with Gasteiger partial charge < -0.3 is 15.1 Å². The molecular formula is C17H9N5O13. The minimum atomic E-state index is -2.12. The monoisotopic (exact) mass is 491 g/mol. The van der Waals surface area contributed by atoms with E-state index in [1.807, 2.05) is 0 Å². The maximum atomic E-state index is 11.7. The van der Waals surface area contributed by atoms with Crippen molar-refractivity contribution >= 4 is 40.4 Å². The van der Waals surface area contributed by atoms with E-state index in [1.165, 1.54) is 0 Å². The fraction of sp³-hybridized carbons (Fsp3) is 0.118. The number of carboxylic acids is 2. The molecule has 0 aromatic heterocycles. The number of benzene rings is 2. The highest BCUT2D eigenvalue weighted by atomic mass is 16.7. The molecule has 0 fully saturated rings. The Balaban J connectivity index is 2.43. The van der Waals surface area contributed by atoms with E-state index in [0.717, 1.165) is 12.1 Å². The van der Waals surface area contributed by atoms with E-state index >= 15 is 0 Å². The van der Waals surface area contributed by atoms with Gasteiger partial charge in [-0.1, -0.05) is 5.16 Å². The van der Waals surface area contributed by atoms with Crippen molar-refractivity contribution < 1.29 is 44.3 Å². The highest BCUT2D eigenvalue weighted by Gasteiger charge is 2.42. The molecule has 0 saturated heterocycles. The molecule has 2 aromatic rings. The molecule has 0 saturated carbocycles. The SMILES string of the molecule is O=C(O)CC(ON=C1c2c(cc([N+](=O)[O-])cc2[N+](=O)[O-])-c2cc([N+](=O)[O-])cc([N+](=O)[O-])c21)C(=O)O. The third-order valence-electron chi connectivity index (χ3n) is 4.69. The highest BCUT2D eigenvalue weighted by Crippen LogP contribution is 2.48. The summed E-state index contributed by atoms with van der Waals surface area (Å²) in [5, 5.41) is 67.4. The molecule has 0 heterocycles. The quantitative estimate of drug-likeness (QED) is 0.320. The van der Waals surface area contributed by atoms with Gasteiger partial charge in [-0.2, -0.15) is 0 Å². The van der Waals surface area contributed by atoms with Crippen LogP contribution in [0.3, 0.4) is 0 Å². The summed E-state index contributed by atoms with van der Waals surface area (Å²) >= 11 is 0. The van der Waals surface area contributed by atoms with Crippen molar-refractivity contribution in [3.63, 3.8) is 0 Å². The second-order valence-electron chi connectivity index (χ2n) is 6.77. The summed E-state index contributed by atoms with van der Waals surface area (Å²) in [6.07, 6.45) is -3.24. The number of fused-ring (bicyclic) bond motifs is 3. The van der Waals surface area contributed by atoms with E-state index in [1.54, 1.807) is 0 Å². The zero-order chi connectivity index (χ0) is 26.2. The van der Waals surface area contributed by atoms with Crippen molar-refractivity contribution in [2.75, 3.05) is 0 Å². The lowest BCUT2D eigenvalue weighted by Gasteiger charge is -2.09. The number of hydrogen-bond acceptors (Lipinski definition) is 12. The van der Waals surface area contributed by atoms with Gasteiger partial charge >= 0.3 is 11.9 Å². The van der Waals surface area contributed by atoms with Crippen molar-refractivity contribution in [1.29, 1.82) is 0 Å². The first-order chi connectivity index (χ1) is 16.3. The zero-order valence-corrected chi connectivity index (χ0v) is 16.7. The Morgan fingerprint density at radius 1 is 0.800 bits per heavy atom. The molecule has 3 rings (SSSR count). The van der Waals surface area contributed by atoms with Crippen LogP contribution >= 0.6 is 0 Å². The van der Waals surface area contributed by atoms with Gasteiger partial charge in [-0.15, -0.1) is 0 Å². The molecule has 1 aliphatic carbocycles. The molecular weight excluding hydrogens is 482 g/mol. The van der Waals surface area contributed by atoms with E-state index in [-0.39, 0.29) is 0 Å². The summed E-state index contributed by atoms with van der Waals surface area (Å²) in [7, 11) is 0. The van der Waals surface area contributed by atoms with Crippen LogP contribution in [-0.2, 0) is 14.4 Å². The zero-order valence-electron chi connectivity index (χ0n) is 16.7. The Bertz CT molecular complexity index is 1300. The van der Waals surface area contributed by atoms with Crippen LogP contribution < -0.4 is 0 Å². The number of carbonyl (C=O) groups is 2. The van der Waals surface area contributed by atoms with Gasteiger partial charge in [-0.05, 0) is 0 Å².